The third-order valence-corrected chi connectivity index (χ3v) is 2.87. The molecule has 2 aromatic rings. The van der Waals surface area contributed by atoms with Crippen LogP contribution in [0.4, 0.5) is 0 Å². The van der Waals surface area contributed by atoms with Crippen LogP contribution in [-0.2, 0) is 4.74 Å². The molecule has 90 valence electrons. The Bertz CT molecular complexity index is 473. The molecular weight excluding hydrogens is 212 g/mol. The highest BCUT2D eigenvalue weighted by molar-refractivity contribution is 5.85. The number of aromatic nitrogens is 1. The van der Waals surface area contributed by atoms with E-state index in [-0.39, 0.29) is 6.04 Å². The molecule has 1 aromatic carbocycles. The summed E-state index contributed by atoms with van der Waals surface area (Å²) in [4.78, 5) is 4.15. The van der Waals surface area contributed by atoms with Crippen molar-refractivity contribution in [2.24, 2.45) is 0 Å². The fourth-order valence-electron chi connectivity index (χ4n) is 2.12. The van der Waals surface area contributed by atoms with Gasteiger partial charge in [-0.15, -0.1) is 0 Å². The highest BCUT2D eigenvalue weighted by atomic mass is 16.5. The summed E-state index contributed by atoms with van der Waals surface area (Å²) in [6.45, 7) is 3.71. The van der Waals surface area contributed by atoms with E-state index < -0.39 is 0 Å². The highest BCUT2D eigenvalue weighted by Gasteiger charge is 2.12. The van der Waals surface area contributed by atoms with E-state index in [1.165, 1.54) is 16.3 Å². The number of pyridine rings is 1. The zero-order valence-corrected chi connectivity index (χ0v) is 10.3. The fourth-order valence-corrected chi connectivity index (χ4v) is 2.12. The Hall–Kier alpha value is -1.45. The second-order valence-corrected chi connectivity index (χ2v) is 4.01. The van der Waals surface area contributed by atoms with Crippen LogP contribution in [-0.4, -0.2) is 25.2 Å². The molecule has 3 heteroatoms. The molecule has 0 spiro atoms. The van der Waals surface area contributed by atoms with Crippen molar-refractivity contribution in [3.05, 3.63) is 42.2 Å². The van der Waals surface area contributed by atoms with Crippen LogP contribution in [0.2, 0.25) is 0 Å². The Morgan fingerprint density at radius 2 is 2.24 bits per heavy atom. The molecule has 0 fully saturated rings. The number of benzene rings is 1. The van der Waals surface area contributed by atoms with Crippen molar-refractivity contribution in [3.8, 4) is 0 Å². The van der Waals surface area contributed by atoms with Crippen molar-refractivity contribution in [2.45, 2.75) is 13.0 Å². The smallest absolute Gasteiger partial charge is 0.0657 e. The van der Waals surface area contributed by atoms with Crippen LogP contribution < -0.4 is 5.32 Å². The molecule has 1 heterocycles. The molecule has 0 aliphatic carbocycles. The van der Waals surface area contributed by atoms with Crippen molar-refractivity contribution < 1.29 is 4.74 Å². The van der Waals surface area contributed by atoms with Crippen molar-refractivity contribution in [1.82, 2.24) is 10.3 Å². The summed E-state index contributed by atoms with van der Waals surface area (Å²) in [5.41, 5.74) is 1.27. The van der Waals surface area contributed by atoms with Crippen molar-refractivity contribution in [1.29, 1.82) is 0 Å². The van der Waals surface area contributed by atoms with Gasteiger partial charge in [-0.2, -0.15) is 0 Å². The van der Waals surface area contributed by atoms with E-state index in [1.807, 2.05) is 12.4 Å². The number of rotatable bonds is 5. The van der Waals surface area contributed by atoms with Crippen LogP contribution in [0.3, 0.4) is 0 Å². The second-order valence-electron chi connectivity index (χ2n) is 4.01. The molecule has 0 aliphatic rings. The Labute approximate surface area is 102 Å². The third kappa shape index (κ3) is 2.62. The molecule has 0 saturated heterocycles. The SMILES string of the molecule is CCNC(COC)c1cccc2cnccc12. The summed E-state index contributed by atoms with van der Waals surface area (Å²) in [5.74, 6) is 0. The molecule has 1 unspecified atom stereocenters. The maximum Gasteiger partial charge on any atom is 0.0657 e. The Balaban J connectivity index is 2.44. The lowest BCUT2D eigenvalue weighted by Gasteiger charge is -2.19. The molecule has 0 aliphatic heterocycles. The molecule has 0 radical (unpaired) electrons. The van der Waals surface area contributed by atoms with Crippen molar-refractivity contribution in [3.63, 3.8) is 0 Å². The average Bonchev–Trinajstić information content (AvgIpc) is 2.38. The first-order chi connectivity index (χ1) is 8.36. The van der Waals surface area contributed by atoms with Gasteiger partial charge in [-0.25, -0.2) is 0 Å². The topological polar surface area (TPSA) is 34.1 Å². The van der Waals surface area contributed by atoms with E-state index in [9.17, 15) is 0 Å². The first-order valence-corrected chi connectivity index (χ1v) is 5.91. The molecule has 1 N–H and O–H groups in total. The van der Waals surface area contributed by atoms with E-state index in [0.717, 1.165) is 6.54 Å². The van der Waals surface area contributed by atoms with Crippen LogP contribution >= 0.6 is 0 Å². The highest BCUT2D eigenvalue weighted by Crippen LogP contribution is 2.23. The van der Waals surface area contributed by atoms with Gasteiger partial charge in [0.25, 0.3) is 0 Å². The largest absolute Gasteiger partial charge is 0.383 e. The van der Waals surface area contributed by atoms with Gasteiger partial charge < -0.3 is 10.1 Å². The number of fused-ring (bicyclic) bond motifs is 1. The molecule has 17 heavy (non-hydrogen) atoms. The monoisotopic (exact) mass is 230 g/mol. The van der Waals surface area contributed by atoms with Crippen LogP contribution in [0.5, 0.6) is 0 Å². The first kappa shape index (κ1) is 12.0. The summed E-state index contributed by atoms with van der Waals surface area (Å²) in [5, 5.41) is 5.86. The molecule has 0 bridgehead atoms. The van der Waals surface area contributed by atoms with E-state index in [4.69, 9.17) is 4.74 Å². The Kier molecular flexibility index (Phi) is 4.07. The zero-order chi connectivity index (χ0) is 12.1. The van der Waals surface area contributed by atoms with E-state index >= 15 is 0 Å². The average molecular weight is 230 g/mol. The number of methoxy groups -OCH3 is 1. The summed E-state index contributed by atoms with van der Waals surface area (Å²) < 4.78 is 5.28. The Morgan fingerprint density at radius 3 is 3.00 bits per heavy atom. The minimum Gasteiger partial charge on any atom is -0.383 e. The summed E-state index contributed by atoms with van der Waals surface area (Å²) in [6, 6.07) is 8.59. The predicted octanol–water partition coefficient (Wildman–Crippen LogP) is 2.53. The fraction of sp³-hybridized carbons (Fsp3) is 0.357. The van der Waals surface area contributed by atoms with Gasteiger partial charge in [-0.3, -0.25) is 4.98 Å². The molecule has 0 amide bonds. The quantitative estimate of drug-likeness (QED) is 0.857. The van der Waals surface area contributed by atoms with Gasteiger partial charge in [-0.1, -0.05) is 25.1 Å². The minimum absolute atomic E-state index is 0.232. The lowest BCUT2D eigenvalue weighted by Crippen LogP contribution is -2.25. The molecule has 3 nitrogen and oxygen atoms in total. The normalized spacial score (nSPS) is 12.8. The van der Waals surface area contributed by atoms with Gasteiger partial charge in [0.1, 0.15) is 0 Å². The van der Waals surface area contributed by atoms with E-state index in [0.29, 0.717) is 6.61 Å². The lowest BCUT2D eigenvalue weighted by atomic mass is 10.0. The Morgan fingerprint density at radius 1 is 1.35 bits per heavy atom. The molecule has 2 rings (SSSR count). The van der Waals surface area contributed by atoms with Crippen molar-refractivity contribution in [2.75, 3.05) is 20.3 Å². The summed E-state index contributed by atoms with van der Waals surface area (Å²) in [6.07, 6.45) is 3.73. The molecule has 1 atom stereocenters. The van der Waals surface area contributed by atoms with Crippen LogP contribution in [0.25, 0.3) is 10.8 Å². The molecule has 0 saturated carbocycles. The van der Waals surface area contributed by atoms with Gasteiger partial charge in [0.05, 0.1) is 12.6 Å². The summed E-state index contributed by atoms with van der Waals surface area (Å²) in [7, 11) is 1.73. The van der Waals surface area contributed by atoms with E-state index in [1.54, 1.807) is 7.11 Å². The maximum atomic E-state index is 5.28. The van der Waals surface area contributed by atoms with E-state index in [2.05, 4.69) is 41.5 Å². The van der Waals surface area contributed by atoms with Crippen LogP contribution in [0.1, 0.15) is 18.5 Å². The van der Waals surface area contributed by atoms with Gasteiger partial charge >= 0.3 is 0 Å². The molecular formula is C14H18N2O. The number of nitrogens with zero attached hydrogens (tertiary/aromatic N) is 1. The van der Waals surface area contributed by atoms with Crippen LogP contribution in [0.15, 0.2) is 36.7 Å². The summed E-state index contributed by atoms with van der Waals surface area (Å²) >= 11 is 0. The van der Waals surface area contributed by atoms with Gasteiger partial charge in [0, 0.05) is 24.9 Å². The third-order valence-electron chi connectivity index (χ3n) is 2.87. The number of likely N-dealkylation sites (N-methyl/N-ethyl adjacent to an activating group) is 1. The molecule has 1 aromatic heterocycles. The number of ether oxygens (including phenoxy) is 1. The predicted molar refractivity (Wildman–Crippen MR) is 70.0 cm³/mol. The standard InChI is InChI=1S/C14H18N2O/c1-3-16-14(10-17-2)13-6-4-5-11-9-15-8-7-12(11)13/h4-9,14,16H,3,10H2,1-2H3. The maximum absolute atomic E-state index is 5.28. The van der Waals surface area contributed by atoms with Gasteiger partial charge in [0.15, 0.2) is 0 Å². The first-order valence-electron chi connectivity index (χ1n) is 5.91. The van der Waals surface area contributed by atoms with Gasteiger partial charge in [0.2, 0.25) is 0 Å². The number of hydrogen-bond donors (Lipinski definition) is 1. The second kappa shape index (κ2) is 5.75. The number of hydrogen-bond acceptors (Lipinski definition) is 3. The minimum atomic E-state index is 0.232. The van der Waals surface area contributed by atoms with Crippen LogP contribution in [0, 0.1) is 0 Å². The number of nitrogens with one attached hydrogen (secondary N) is 1. The van der Waals surface area contributed by atoms with Crippen molar-refractivity contribution >= 4 is 10.8 Å². The van der Waals surface area contributed by atoms with Gasteiger partial charge in [-0.05, 0) is 23.6 Å². The lowest BCUT2D eigenvalue weighted by molar-refractivity contribution is 0.168. The zero-order valence-electron chi connectivity index (χ0n) is 10.3.